The summed E-state index contributed by atoms with van der Waals surface area (Å²) in [5, 5.41) is 9.69. The average molecular weight is 259 g/mol. The van der Waals surface area contributed by atoms with E-state index in [1.54, 1.807) is 21.0 Å². The van der Waals surface area contributed by atoms with Gasteiger partial charge in [0.15, 0.2) is 0 Å². The molecule has 0 unspecified atom stereocenters. The molecule has 0 fully saturated rings. The van der Waals surface area contributed by atoms with E-state index in [1.165, 1.54) is 0 Å². The molecule has 0 bridgehead atoms. The van der Waals surface area contributed by atoms with Crippen molar-refractivity contribution >= 4 is 15.9 Å². The number of benzene rings is 1. The van der Waals surface area contributed by atoms with Crippen molar-refractivity contribution in [1.82, 2.24) is 0 Å². The molecule has 1 aromatic rings. The second kappa shape index (κ2) is 4.32. The van der Waals surface area contributed by atoms with Gasteiger partial charge in [0.05, 0.1) is 12.7 Å². The second-order valence-corrected chi connectivity index (χ2v) is 4.86. The SMILES string of the molecule is COc1cc(Br)ccc1CC(C)(C)O. The lowest BCUT2D eigenvalue weighted by molar-refractivity contribution is 0.0803. The van der Waals surface area contributed by atoms with Gasteiger partial charge in [0, 0.05) is 10.9 Å². The molecule has 1 aromatic carbocycles. The van der Waals surface area contributed by atoms with Crippen LogP contribution in [0, 0.1) is 0 Å². The van der Waals surface area contributed by atoms with Gasteiger partial charge in [-0.15, -0.1) is 0 Å². The molecule has 1 rings (SSSR count). The van der Waals surface area contributed by atoms with Crippen molar-refractivity contribution in [1.29, 1.82) is 0 Å². The van der Waals surface area contributed by atoms with E-state index in [0.717, 1.165) is 15.8 Å². The van der Waals surface area contributed by atoms with Crippen LogP contribution < -0.4 is 4.74 Å². The molecule has 0 aliphatic rings. The van der Waals surface area contributed by atoms with Crippen LogP contribution in [0.25, 0.3) is 0 Å². The number of ether oxygens (including phenoxy) is 1. The van der Waals surface area contributed by atoms with Gasteiger partial charge in [-0.1, -0.05) is 22.0 Å². The van der Waals surface area contributed by atoms with Gasteiger partial charge in [-0.3, -0.25) is 0 Å². The van der Waals surface area contributed by atoms with Gasteiger partial charge >= 0.3 is 0 Å². The van der Waals surface area contributed by atoms with Crippen molar-refractivity contribution in [3.8, 4) is 5.75 Å². The number of hydrogen-bond acceptors (Lipinski definition) is 2. The maximum absolute atomic E-state index is 9.69. The van der Waals surface area contributed by atoms with Crippen molar-refractivity contribution < 1.29 is 9.84 Å². The molecule has 0 saturated heterocycles. The number of rotatable bonds is 3. The van der Waals surface area contributed by atoms with Crippen LogP contribution in [0.3, 0.4) is 0 Å². The van der Waals surface area contributed by atoms with Gasteiger partial charge in [-0.25, -0.2) is 0 Å². The Balaban J connectivity index is 2.97. The summed E-state index contributed by atoms with van der Waals surface area (Å²) < 4.78 is 6.21. The molecule has 2 nitrogen and oxygen atoms in total. The third-order valence-electron chi connectivity index (χ3n) is 1.87. The Bertz CT molecular complexity index is 316. The van der Waals surface area contributed by atoms with E-state index in [9.17, 15) is 5.11 Å². The minimum atomic E-state index is -0.707. The highest BCUT2D eigenvalue weighted by Crippen LogP contribution is 2.26. The van der Waals surface area contributed by atoms with Gasteiger partial charge in [0.1, 0.15) is 5.75 Å². The third kappa shape index (κ3) is 3.31. The zero-order chi connectivity index (χ0) is 10.8. The largest absolute Gasteiger partial charge is 0.496 e. The third-order valence-corrected chi connectivity index (χ3v) is 2.37. The molecule has 1 N–H and O–H groups in total. The van der Waals surface area contributed by atoms with Crippen molar-refractivity contribution in [2.75, 3.05) is 7.11 Å². The molecule has 0 aliphatic carbocycles. The number of methoxy groups -OCH3 is 1. The Morgan fingerprint density at radius 2 is 2.07 bits per heavy atom. The number of aliphatic hydroxyl groups is 1. The fourth-order valence-electron chi connectivity index (χ4n) is 1.33. The van der Waals surface area contributed by atoms with Gasteiger partial charge < -0.3 is 9.84 Å². The lowest BCUT2D eigenvalue weighted by atomic mass is 9.98. The minimum Gasteiger partial charge on any atom is -0.496 e. The summed E-state index contributed by atoms with van der Waals surface area (Å²) in [5.41, 5.74) is 0.310. The van der Waals surface area contributed by atoms with Crippen LogP contribution >= 0.6 is 15.9 Å². The Labute approximate surface area is 93.0 Å². The zero-order valence-corrected chi connectivity index (χ0v) is 10.3. The van der Waals surface area contributed by atoms with Crippen LogP contribution in [-0.2, 0) is 6.42 Å². The fraction of sp³-hybridized carbons (Fsp3) is 0.455. The standard InChI is InChI=1S/C11H15BrO2/c1-11(2,13)7-8-4-5-9(12)6-10(8)14-3/h4-6,13H,7H2,1-3H3. The zero-order valence-electron chi connectivity index (χ0n) is 8.67. The first-order chi connectivity index (χ1) is 6.42. The van der Waals surface area contributed by atoms with E-state index in [2.05, 4.69) is 15.9 Å². The molecule has 0 saturated carbocycles. The van der Waals surface area contributed by atoms with Crippen LogP contribution in [-0.4, -0.2) is 17.8 Å². The van der Waals surface area contributed by atoms with Gasteiger partial charge in [0.25, 0.3) is 0 Å². The fourth-order valence-corrected chi connectivity index (χ4v) is 1.67. The molecule has 0 heterocycles. The normalized spacial score (nSPS) is 11.5. The summed E-state index contributed by atoms with van der Waals surface area (Å²) in [6, 6.07) is 5.81. The molecule has 0 aliphatic heterocycles. The molecule has 14 heavy (non-hydrogen) atoms. The number of hydrogen-bond donors (Lipinski definition) is 1. The van der Waals surface area contributed by atoms with E-state index >= 15 is 0 Å². The van der Waals surface area contributed by atoms with Gasteiger partial charge in [-0.2, -0.15) is 0 Å². The second-order valence-electron chi connectivity index (χ2n) is 3.95. The summed E-state index contributed by atoms with van der Waals surface area (Å²) in [7, 11) is 1.63. The van der Waals surface area contributed by atoms with Crippen LogP contribution in [0.4, 0.5) is 0 Å². The van der Waals surface area contributed by atoms with Gasteiger partial charge in [-0.05, 0) is 31.5 Å². The smallest absolute Gasteiger partial charge is 0.123 e. The summed E-state index contributed by atoms with van der Waals surface area (Å²) in [6.45, 7) is 3.57. The molecule has 78 valence electrons. The highest BCUT2D eigenvalue weighted by molar-refractivity contribution is 9.10. The summed E-state index contributed by atoms with van der Waals surface area (Å²) >= 11 is 3.37. The Hall–Kier alpha value is -0.540. The lowest BCUT2D eigenvalue weighted by Crippen LogP contribution is -2.22. The highest BCUT2D eigenvalue weighted by atomic mass is 79.9. The summed E-state index contributed by atoms with van der Waals surface area (Å²) in [4.78, 5) is 0. The van der Waals surface area contributed by atoms with Crippen molar-refractivity contribution in [3.63, 3.8) is 0 Å². The van der Waals surface area contributed by atoms with Crippen LogP contribution in [0.5, 0.6) is 5.75 Å². The maximum atomic E-state index is 9.69. The first-order valence-corrected chi connectivity index (χ1v) is 5.26. The molecule has 0 atom stereocenters. The summed E-state index contributed by atoms with van der Waals surface area (Å²) in [5.74, 6) is 0.807. The predicted octanol–water partition coefficient (Wildman–Crippen LogP) is 2.77. The predicted molar refractivity (Wildman–Crippen MR) is 60.7 cm³/mol. The highest BCUT2D eigenvalue weighted by Gasteiger charge is 2.16. The molecule has 0 radical (unpaired) electrons. The molecule has 3 heteroatoms. The molecular formula is C11H15BrO2. The van der Waals surface area contributed by atoms with Crippen molar-refractivity contribution in [3.05, 3.63) is 28.2 Å². The lowest BCUT2D eigenvalue weighted by Gasteiger charge is -2.18. The quantitative estimate of drug-likeness (QED) is 0.904. The van der Waals surface area contributed by atoms with E-state index in [0.29, 0.717) is 6.42 Å². The van der Waals surface area contributed by atoms with E-state index in [1.807, 2.05) is 18.2 Å². The first-order valence-electron chi connectivity index (χ1n) is 4.47. The minimum absolute atomic E-state index is 0.587. The van der Waals surface area contributed by atoms with Crippen molar-refractivity contribution in [2.45, 2.75) is 25.9 Å². The van der Waals surface area contributed by atoms with Crippen LogP contribution in [0.15, 0.2) is 22.7 Å². The molecule has 0 amide bonds. The molecular weight excluding hydrogens is 244 g/mol. The maximum Gasteiger partial charge on any atom is 0.123 e. The monoisotopic (exact) mass is 258 g/mol. The summed E-state index contributed by atoms with van der Waals surface area (Å²) in [6.07, 6.45) is 0.587. The van der Waals surface area contributed by atoms with Crippen LogP contribution in [0.1, 0.15) is 19.4 Å². The Kier molecular flexibility index (Phi) is 3.56. The van der Waals surface area contributed by atoms with E-state index in [-0.39, 0.29) is 0 Å². The van der Waals surface area contributed by atoms with E-state index in [4.69, 9.17) is 4.74 Å². The number of halogens is 1. The van der Waals surface area contributed by atoms with Gasteiger partial charge in [0.2, 0.25) is 0 Å². The topological polar surface area (TPSA) is 29.5 Å². The first kappa shape index (κ1) is 11.5. The van der Waals surface area contributed by atoms with Crippen molar-refractivity contribution in [2.24, 2.45) is 0 Å². The van der Waals surface area contributed by atoms with Crippen LogP contribution in [0.2, 0.25) is 0 Å². The van der Waals surface area contributed by atoms with E-state index < -0.39 is 5.60 Å². The molecule has 0 aromatic heterocycles. The Morgan fingerprint density at radius 3 is 2.57 bits per heavy atom. The average Bonchev–Trinajstić information content (AvgIpc) is 2.06. The molecule has 0 spiro atoms. The Morgan fingerprint density at radius 1 is 1.43 bits per heavy atom.